The number of hydrogen-bond acceptors (Lipinski definition) is 4. The molecule has 0 spiro atoms. The molecule has 0 bridgehead atoms. The van der Waals surface area contributed by atoms with Gasteiger partial charge in [0, 0.05) is 5.69 Å². The summed E-state index contributed by atoms with van der Waals surface area (Å²) in [6, 6.07) is 13.3. The Hall–Kier alpha value is -2.82. The number of aryl methyl sites for hydroxylation is 2. The largest absolute Gasteiger partial charge is 0.482 e. The van der Waals surface area contributed by atoms with E-state index in [1.54, 1.807) is 6.92 Å². The number of hydrogen-bond donors (Lipinski definition) is 1. The van der Waals surface area contributed by atoms with E-state index in [1.807, 2.05) is 56.3 Å². The Morgan fingerprint density at radius 2 is 1.74 bits per heavy atom. The molecule has 2 aromatic carbocycles. The maximum absolute atomic E-state index is 12.4. The smallest absolute Gasteiger partial charge is 0.344 e. The molecule has 0 aliphatic rings. The lowest BCUT2D eigenvalue weighted by molar-refractivity contribution is -0.155. The van der Waals surface area contributed by atoms with Crippen molar-refractivity contribution in [2.45, 2.75) is 46.6 Å². The molecule has 0 aliphatic carbocycles. The maximum atomic E-state index is 12.4. The second kappa shape index (κ2) is 9.21. The van der Waals surface area contributed by atoms with Gasteiger partial charge < -0.3 is 14.8 Å². The third-order valence-corrected chi connectivity index (χ3v) is 4.19. The Labute approximate surface area is 160 Å². The van der Waals surface area contributed by atoms with Crippen LogP contribution >= 0.6 is 0 Å². The average molecular weight is 369 g/mol. The lowest BCUT2D eigenvalue weighted by Gasteiger charge is -2.17. The number of nitrogens with one attached hydrogen (secondary N) is 1. The normalized spacial score (nSPS) is 11.8. The third kappa shape index (κ3) is 5.84. The number of benzene rings is 2. The number of carbonyl (C=O) groups excluding carboxylic acids is 2. The Morgan fingerprint density at radius 1 is 1.04 bits per heavy atom. The number of ether oxygens (including phenoxy) is 2. The molecule has 144 valence electrons. The van der Waals surface area contributed by atoms with Crippen LogP contribution in [0.2, 0.25) is 0 Å². The number of esters is 1. The van der Waals surface area contributed by atoms with Gasteiger partial charge in [0.2, 0.25) is 0 Å². The first-order chi connectivity index (χ1) is 12.8. The van der Waals surface area contributed by atoms with E-state index in [0.717, 1.165) is 22.4 Å². The highest BCUT2D eigenvalue weighted by Gasteiger charge is 2.20. The summed E-state index contributed by atoms with van der Waals surface area (Å²) in [6.07, 6.45) is -0.916. The molecule has 0 aromatic heterocycles. The molecule has 5 nitrogen and oxygen atoms in total. The Balaban J connectivity index is 1.89. The number of amides is 1. The summed E-state index contributed by atoms with van der Waals surface area (Å²) >= 11 is 0. The van der Waals surface area contributed by atoms with Gasteiger partial charge >= 0.3 is 5.97 Å². The van der Waals surface area contributed by atoms with Crippen molar-refractivity contribution in [3.63, 3.8) is 0 Å². The zero-order valence-electron chi connectivity index (χ0n) is 16.5. The molecule has 5 heteroatoms. The van der Waals surface area contributed by atoms with Gasteiger partial charge in [0.05, 0.1) is 0 Å². The van der Waals surface area contributed by atoms with Crippen LogP contribution in [0, 0.1) is 13.8 Å². The summed E-state index contributed by atoms with van der Waals surface area (Å²) in [4.78, 5) is 24.4. The highest BCUT2D eigenvalue weighted by atomic mass is 16.6. The molecule has 0 fully saturated rings. The molecular formula is C22H27NO4. The fourth-order valence-corrected chi connectivity index (χ4v) is 2.73. The lowest BCUT2D eigenvalue weighted by Crippen LogP contribution is -2.32. The summed E-state index contributed by atoms with van der Waals surface area (Å²) < 4.78 is 10.7. The highest BCUT2D eigenvalue weighted by Crippen LogP contribution is 2.24. The average Bonchev–Trinajstić information content (AvgIpc) is 2.61. The van der Waals surface area contributed by atoms with Crippen molar-refractivity contribution in [2.24, 2.45) is 0 Å². The fourth-order valence-electron chi connectivity index (χ4n) is 2.73. The summed E-state index contributed by atoms with van der Waals surface area (Å²) in [7, 11) is 0. The van der Waals surface area contributed by atoms with Crippen LogP contribution in [0.5, 0.6) is 5.75 Å². The van der Waals surface area contributed by atoms with Crippen LogP contribution in [0.3, 0.4) is 0 Å². The lowest BCUT2D eigenvalue weighted by atomic mass is 10.0. The van der Waals surface area contributed by atoms with Gasteiger partial charge in [0.1, 0.15) is 5.75 Å². The molecule has 0 radical (unpaired) electrons. The van der Waals surface area contributed by atoms with Crippen LogP contribution in [0.25, 0.3) is 0 Å². The summed E-state index contributed by atoms with van der Waals surface area (Å²) in [5, 5.41) is 2.83. The van der Waals surface area contributed by atoms with Gasteiger partial charge in [-0.25, -0.2) is 4.79 Å². The van der Waals surface area contributed by atoms with E-state index in [0.29, 0.717) is 5.75 Å². The van der Waals surface area contributed by atoms with E-state index in [1.165, 1.54) is 0 Å². The van der Waals surface area contributed by atoms with E-state index in [2.05, 4.69) is 19.2 Å². The van der Waals surface area contributed by atoms with Gasteiger partial charge in [-0.1, -0.05) is 49.7 Å². The van der Waals surface area contributed by atoms with E-state index < -0.39 is 12.1 Å². The van der Waals surface area contributed by atoms with Crippen LogP contribution in [0.4, 0.5) is 5.69 Å². The van der Waals surface area contributed by atoms with Crippen LogP contribution in [0.1, 0.15) is 43.4 Å². The molecule has 0 saturated carbocycles. The third-order valence-electron chi connectivity index (χ3n) is 4.19. The van der Waals surface area contributed by atoms with E-state index in [9.17, 15) is 9.59 Å². The topological polar surface area (TPSA) is 64.6 Å². The standard InChI is InChI=1S/C22H27NO4/c1-14(2)18-8-6-7-9-19(18)23-22(25)17(5)27-21(24)13-26-20-11-10-15(3)12-16(20)4/h6-12,14,17H,13H2,1-5H3,(H,23,25)/t17-/m0/s1. The van der Waals surface area contributed by atoms with Crippen LogP contribution < -0.4 is 10.1 Å². The molecule has 27 heavy (non-hydrogen) atoms. The molecule has 0 heterocycles. The van der Waals surface area contributed by atoms with Crippen LogP contribution in [-0.4, -0.2) is 24.6 Å². The number of para-hydroxylation sites is 1. The highest BCUT2D eigenvalue weighted by molar-refractivity contribution is 5.95. The van der Waals surface area contributed by atoms with Crippen molar-refractivity contribution in [1.29, 1.82) is 0 Å². The first kappa shape index (κ1) is 20.5. The second-order valence-electron chi connectivity index (χ2n) is 6.92. The minimum absolute atomic E-state index is 0.246. The zero-order chi connectivity index (χ0) is 20.0. The molecule has 0 aliphatic heterocycles. The first-order valence-corrected chi connectivity index (χ1v) is 9.07. The van der Waals surface area contributed by atoms with Crippen LogP contribution in [0.15, 0.2) is 42.5 Å². The number of anilines is 1. The van der Waals surface area contributed by atoms with Gasteiger partial charge in [-0.2, -0.15) is 0 Å². The number of rotatable bonds is 7. The van der Waals surface area contributed by atoms with Crippen molar-refractivity contribution in [3.8, 4) is 5.75 Å². The SMILES string of the molecule is Cc1ccc(OCC(=O)O[C@@H](C)C(=O)Nc2ccccc2C(C)C)c(C)c1. The summed E-state index contributed by atoms with van der Waals surface area (Å²) in [5.74, 6) is -0.0660. The number of carbonyl (C=O) groups is 2. The first-order valence-electron chi connectivity index (χ1n) is 9.07. The van der Waals surface area contributed by atoms with Crippen molar-refractivity contribution in [2.75, 3.05) is 11.9 Å². The molecule has 1 N–H and O–H groups in total. The van der Waals surface area contributed by atoms with Gasteiger partial charge in [-0.05, 0) is 49.9 Å². The van der Waals surface area contributed by atoms with Crippen molar-refractivity contribution < 1.29 is 19.1 Å². The second-order valence-corrected chi connectivity index (χ2v) is 6.92. The molecule has 2 aromatic rings. The Morgan fingerprint density at radius 3 is 2.41 bits per heavy atom. The predicted octanol–water partition coefficient (Wildman–Crippen LogP) is 4.38. The monoisotopic (exact) mass is 369 g/mol. The molecule has 1 amide bonds. The van der Waals surface area contributed by atoms with E-state index in [4.69, 9.17) is 9.47 Å². The van der Waals surface area contributed by atoms with Gasteiger partial charge in [-0.15, -0.1) is 0 Å². The molecule has 0 unspecified atom stereocenters. The maximum Gasteiger partial charge on any atom is 0.344 e. The van der Waals surface area contributed by atoms with Crippen molar-refractivity contribution in [3.05, 3.63) is 59.2 Å². The van der Waals surface area contributed by atoms with Gasteiger partial charge in [0.25, 0.3) is 5.91 Å². The zero-order valence-corrected chi connectivity index (χ0v) is 16.5. The summed E-state index contributed by atoms with van der Waals surface area (Å²) in [5.41, 5.74) is 3.82. The van der Waals surface area contributed by atoms with E-state index >= 15 is 0 Å². The van der Waals surface area contributed by atoms with Gasteiger partial charge in [-0.3, -0.25) is 4.79 Å². The molecule has 0 saturated heterocycles. The fraction of sp³-hybridized carbons (Fsp3) is 0.364. The quantitative estimate of drug-likeness (QED) is 0.736. The minimum atomic E-state index is -0.916. The Kier molecular flexibility index (Phi) is 6.99. The summed E-state index contributed by atoms with van der Waals surface area (Å²) in [6.45, 7) is 9.31. The van der Waals surface area contributed by atoms with Crippen molar-refractivity contribution in [1.82, 2.24) is 0 Å². The van der Waals surface area contributed by atoms with Crippen molar-refractivity contribution >= 4 is 17.6 Å². The van der Waals surface area contributed by atoms with Gasteiger partial charge in [0.15, 0.2) is 12.7 Å². The minimum Gasteiger partial charge on any atom is -0.482 e. The predicted molar refractivity (Wildman–Crippen MR) is 106 cm³/mol. The van der Waals surface area contributed by atoms with E-state index in [-0.39, 0.29) is 18.4 Å². The van der Waals surface area contributed by atoms with Crippen LogP contribution in [-0.2, 0) is 14.3 Å². The Bertz CT molecular complexity index is 814. The molecule has 2 rings (SSSR count). The molecule has 1 atom stereocenters. The molecular weight excluding hydrogens is 342 g/mol.